The highest BCUT2D eigenvalue weighted by Crippen LogP contribution is 2.47. The number of fused-ring (bicyclic) bond motifs is 1. The zero-order valence-corrected chi connectivity index (χ0v) is 18.6. The number of anilines is 1. The lowest BCUT2D eigenvalue weighted by Crippen LogP contribution is -2.28. The maximum atomic E-state index is 13.7. The van der Waals surface area contributed by atoms with Gasteiger partial charge in [0.2, 0.25) is 5.13 Å². The molecule has 1 aliphatic carbocycles. The number of carbonyl (C=O) groups is 1. The Balaban J connectivity index is 1.60. The molecule has 3 aromatic rings. The molecular formula is C25H21F2N3O2S. The van der Waals surface area contributed by atoms with Gasteiger partial charge in [-0.25, -0.2) is 23.6 Å². The molecular weight excluding hydrogens is 444 g/mol. The molecule has 1 aromatic heterocycles. The van der Waals surface area contributed by atoms with Crippen molar-refractivity contribution in [3.05, 3.63) is 87.4 Å². The molecule has 0 bridgehead atoms. The van der Waals surface area contributed by atoms with Gasteiger partial charge in [-0.2, -0.15) is 5.10 Å². The average Bonchev–Trinajstić information content (AvgIpc) is 3.37. The molecule has 0 radical (unpaired) electrons. The number of hydrogen-bond acceptors (Lipinski definition) is 5. The Hall–Kier alpha value is -3.39. The van der Waals surface area contributed by atoms with Crippen molar-refractivity contribution >= 4 is 34.2 Å². The van der Waals surface area contributed by atoms with Gasteiger partial charge in [0.15, 0.2) is 0 Å². The van der Waals surface area contributed by atoms with Crippen molar-refractivity contribution < 1.29 is 18.7 Å². The van der Waals surface area contributed by atoms with Crippen LogP contribution in [0.15, 0.2) is 59.2 Å². The number of aromatic nitrogens is 1. The predicted molar refractivity (Wildman–Crippen MR) is 125 cm³/mol. The lowest BCUT2D eigenvalue weighted by atomic mass is 9.77. The first-order chi connectivity index (χ1) is 15.9. The Labute approximate surface area is 193 Å². The molecule has 33 heavy (non-hydrogen) atoms. The molecule has 0 saturated heterocycles. The van der Waals surface area contributed by atoms with Crippen LogP contribution in [-0.2, 0) is 0 Å². The number of rotatable bonds is 4. The molecule has 1 saturated carbocycles. The van der Waals surface area contributed by atoms with Gasteiger partial charge >= 0.3 is 5.97 Å². The Morgan fingerprint density at radius 1 is 1.12 bits per heavy atom. The molecule has 5 rings (SSSR count). The van der Waals surface area contributed by atoms with Crippen LogP contribution >= 0.6 is 11.3 Å². The monoisotopic (exact) mass is 465 g/mol. The minimum atomic E-state index is -1.02. The van der Waals surface area contributed by atoms with E-state index in [-0.39, 0.29) is 28.5 Å². The van der Waals surface area contributed by atoms with E-state index in [4.69, 9.17) is 5.10 Å². The van der Waals surface area contributed by atoms with Crippen molar-refractivity contribution in [2.24, 2.45) is 11.0 Å². The van der Waals surface area contributed by atoms with Gasteiger partial charge in [0.1, 0.15) is 16.5 Å². The summed E-state index contributed by atoms with van der Waals surface area (Å²) in [4.78, 5) is 16.3. The van der Waals surface area contributed by atoms with E-state index in [0.29, 0.717) is 10.8 Å². The van der Waals surface area contributed by atoms with Crippen molar-refractivity contribution in [2.75, 3.05) is 5.01 Å². The molecule has 1 N–H and O–H groups in total. The molecule has 2 aromatic carbocycles. The highest BCUT2D eigenvalue weighted by molar-refractivity contribution is 7.17. The predicted octanol–water partition coefficient (Wildman–Crippen LogP) is 6.23. The third-order valence-electron chi connectivity index (χ3n) is 6.10. The van der Waals surface area contributed by atoms with E-state index in [2.05, 4.69) is 4.98 Å². The van der Waals surface area contributed by atoms with Crippen LogP contribution in [-0.4, -0.2) is 21.8 Å². The SMILES string of the molecule is Cc1nc(N2N=C3/C(=C/c4ccc(F)cc4)CCC[C@H]3[C@H]2c2ccc(F)cc2)sc1C(=O)O. The fourth-order valence-electron chi connectivity index (χ4n) is 4.59. The van der Waals surface area contributed by atoms with Crippen LogP contribution in [0.2, 0.25) is 0 Å². The van der Waals surface area contributed by atoms with Crippen molar-refractivity contribution in [3.63, 3.8) is 0 Å². The van der Waals surface area contributed by atoms with E-state index in [9.17, 15) is 18.7 Å². The van der Waals surface area contributed by atoms with Crippen molar-refractivity contribution in [1.29, 1.82) is 0 Å². The number of benzene rings is 2. The average molecular weight is 466 g/mol. The summed E-state index contributed by atoms with van der Waals surface area (Å²) >= 11 is 1.09. The first kappa shape index (κ1) is 21.5. The van der Waals surface area contributed by atoms with Crippen LogP contribution in [0.3, 0.4) is 0 Å². The number of halogens is 2. The second-order valence-electron chi connectivity index (χ2n) is 8.26. The number of aromatic carboxylic acids is 1. The second kappa shape index (κ2) is 8.51. The Morgan fingerprint density at radius 3 is 2.42 bits per heavy atom. The van der Waals surface area contributed by atoms with E-state index in [1.54, 1.807) is 36.2 Å². The Morgan fingerprint density at radius 2 is 1.79 bits per heavy atom. The summed E-state index contributed by atoms with van der Waals surface area (Å²) in [6.07, 6.45) is 4.73. The molecule has 2 heterocycles. The zero-order valence-electron chi connectivity index (χ0n) is 17.8. The van der Waals surface area contributed by atoms with Crippen LogP contribution < -0.4 is 5.01 Å². The van der Waals surface area contributed by atoms with Gasteiger partial charge in [0, 0.05) is 5.92 Å². The van der Waals surface area contributed by atoms with E-state index < -0.39 is 5.97 Å². The summed E-state index contributed by atoms with van der Waals surface area (Å²) in [6, 6.07) is 12.5. The standard InChI is InChI=1S/C25H21F2N3O2S/c1-14-23(24(31)32)33-25(28-14)30-22(16-7-11-19(27)12-8-16)20-4-2-3-17(21(20)29-30)13-15-5-9-18(26)10-6-15/h5-13,20,22H,2-4H2,1H3,(H,31,32)/b17-13+/t20-,22-/m1/s1. The summed E-state index contributed by atoms with van der Waals surface area (Å²) in [5, 5.41) is 16.7. The second-order valence-corrected chi connectivity index (χ2v) is 9.24. The quantitative estimate of drug-likeness (QED) is 0.496. The minimum absolute atomic E-state index is 0.0494. The van der Waals surface area contributed by atoms with Crippen LogP contribution in [0.4, 0.5) is 13.9 Å². The van der Waals surface area contributed by atoms with Crippen LogP contribution in [0, 0.1) is 24.5 Å². The zero-order chi connectivity index (χ0) is 23.1. The van der Waals surface area contributed by atoms with Gasteiger partial charge in [-0.15, -0.1) is 0 Å². The molecule has 0 unspecified atom stereocenters. The third kappa shape index (κ3) is 4.06. The molecule has 2 aliphatic rings. The lowest BCUT2D eigenvalue weighted by molar-refractivity contribution is 0.0701. The van der Waals surface area contributed by atoms with Gasteiger partial charge in [-0.3, -0.25) is 0 Å². The van der Waals surface area contributed by atoms with Gasteiger partial charge in [-0.1, -0.05) is 35.6 Å². The first-order valence-electron chi connectivity index (χ1n) is 10.7. The number of nitrogens with zero attached hydrogens (tertiary/aromatic N) is 3. The highest BCUT2D eigenvalue weighted by atomic mass is 32.1. The number of hydrogen-bond donors (Lipinski definition) is 1. The fraction of sp³-hybridized carbons (Fsp3) is 0.240. The van der Waals surface area contributed by atoms with Crippen molar-refractivity contribution in [3.8, 4) is 0 Å². The highest BCUT2D eigenvalue weighted by Gasteiger charge is 2.43. The van der Waals surface area contributed by atoms with E-state index in [0.717, 1.165) is 53.0 Å². The number of carboxylic acid groups (broad SMARTS) is 1. The van der Waals surface area contributed by atoms with Gasteiger partial charge in [-0.05, 0) is 73.2 Å². The molecule has 5 nitrogen and oxygen atoms in total. The summed E-state index contributed by atoms with van der Waals surface area (Å²) < 4.78 is 27.0. The number of hydrazone groups is 1. The van der Waals surface area contributed by atoms with Gasteiger partial charge in [0.05, 0.1) is 17.4 Å². The Kier molecular flexibility index (Phi) is 5.54. The topological polar surface area (TPSA) is 65.8 Å². The molecule has 168 valence electrons. The molecule has 2 atom stereocenters. The van der Waals surface area contributed by atoms with E-state index in [1.165, 1.54) is 24.3 Å². The van der Waals surface area contributed by atoms with E-state index >= 15 is 0 Å². The number of thiazole rings is 1. The molecule has 1 aliphatic heterocycles. The maximum absolute atomic E-state index is 13.7. The lowest BCUT2D eigenvalue weighted by Gasteiger charge is -2.29. The summed E-state index contributed by atoms with van der Waals surface area (Å²) in [5.41, 5.74) is 4.22. The summed E-state index contributed by atoms with van der Waals surface area (Å²) in [7, 11) is 0. The Bertz CT molecular complexity index is 1270. The van der Waals surface area contributed by atoms with Gasteiger partial charge < -0.3 is 5.11 Å². The van der Waals surface area contributed by atoms with Crippen molar-refractivity contribution in [1.82, 2.24) is 4.98 Å². The minimum Gasteiger partial charge on any atom is -0.477 e. The largest absolute Gasteiger partial charge is 0.477 e. The number of allylic oxidation sites excluding steroid dienone is 1. The van der Waals surface area contributed by atoms with Crippen LogP contribution in [0.1, 0.15) is 51.8 Å². The number of carboxylic acids is 1. The normalized spacial score (nSPS) is 21.2. The molecule has 0 amide bonds. The summed E-state index contributed by atoms with van der Waals surface area (Å²) in [6.45, 7) is 1.67. The van der Waals surface area contributed by atoms with E-state index in [1.807, 2.05) is 6.08 Å². The molecule has 1 fully saturated rings. The van der Waals surface area contributed by atoms with Gasteiger partial charge in [0.25, 0.3) is 0 Å². The first-order valence-corrected chi connectivity index (χ1v) is 11.5. The number of aryl methyl sites for hydroxylation is 1. The van der Waals surface area contributed by atoms with Crippen molar-refractivity contribution in [2.45, 2.75) is 32.2 Å². The maximum Gasteiger partial charge on any atom is 0.347 e. The van der Waals surface area contributed by atoms with Crippen LogP contribution in [0.25, 0.3) is 6.08 Å². The van der Waals surface area contributed by atoms with Crippen LogP contribution in [0.5, 0.6) is 0 Å². The molecule has 0 spiro atoms. The fourth-order valence-corrected chi connectivity index (χ4v) is 5.48. The third-order valence-corrected chi connectivity index (χ3v) is 7.23. The smallest absolute Gasteiger partial charge is 0.347 e. The molecule has 8 heteroatoms. The summed E-state index contributed by atoms with van der Waals surface area (Å²) in [5.74, 6) is -1.57.